The number of aryl methyl sites for hydroxylation is 1. The summed E-state index contributed by atoms with van der Waals surface area (Å²) in [6.45, 7) is 6.16. The summed E-state index contributed by atoms with van der Waals surface area (Å²) in [6.07, 6.45) is 9.86. The molecular formula is C18H26N4O2. The lowest BCUT2D eigenvalue weighted by atomic mass is 9.71. The summed E-state index contributed by atoms with van der Waals surface area (Å²) in [4.78, 5) is 15.1. The fourth-order valence-electron chi connectivity index (χ4n) is 4.63. The highest BCUT2D eigenvalue weighted by molar-refractivity contribution is 5.80. The molecule has 0 N–H and O–H groups in total. The van der Waals surface area contributed by atoms with E-state index in [0.29, 0.717) is 5.91 Å². The fourth-order valence-corrected chi connectivity index (χ4v) is 4.63. The Kier molecular flexibility index (Phi) is 4.16. The number of likely N-dealkylation sites (tertiary alicyclic amines) is 1. The molecule has 24 heavy (non-hydrogen) atoms. The van der Waals surface area contributed by atoms with E-state index in [-0.39, 0.29) is 17.3 Å². The summed E-state index contributed by atoms with van der Waals surface area (Å²) in [7, 11) is 0. The highest BCUT2D eigenvalue weighted by atomic mass is 16.5. The van der Waals surface area contributed by atoms with Crippen LogP contribution in [-0.2, 0) is 16.1 Å². The Bertz CT molecular complexity index is 625. The molecule has 1 aromatic heterocycles. The second-order valence-corrected chi connectivity index (χ2v) is 7.36. The molecule has 1 aromatic rings. The van der Waals surface area contributed by atoms with Crippen molar-refractivity contribution < 1.29 is 9.53 Å². The molecule has 0 radical (unpaired) electrons. The number of rotatable bonds is 3. The van der Waals surface area contributed by atoms with Crippen LogP contribution in [0.5, 0.6) is 0 Å². The molecule has 1 aliphatic carbocycles. The number of hydrogen-bond acceptors (Lipinski definition) is 4. The second kappa shape index (κ2) is 6.31. The van der Waals surface area contributed by atoms with Crippen LogP contribution in [0, 0.1) is 11.3 Å². The van der Waals surface area contributed by atoms with Crippen LogP contribution in [0.1, 0.15) is 44.3 Å². The van der Waals surface area contributed by atoms with E-state index in [1.807, 2.05) is 6.33 Å². The van der Waals surface area contributed by atoms with Crippen molar-refractivity contribution in [1.82, 2.24) is 19.7 Å². The molecule has 2 saturated heterocycles. The lowest BCUT2D eigenvalue weighted by Crippen LogP contribution is -2.39. The number of amides is 1. The lowest BCUT2D eigenvalue weighted by molar-refractivity contribution is -0.134. The molecule has 6 nitrogen and oxygen atoms in total. The highest BCUT2D eigenvalue weighted by Gasteiger charge is 2.51. The zero-order chi connectivity index (χ0) is 16.6. The topological polar surface area (TPSA) is 60.2 Å². The van der Waals surface area contributed by atoms with E-state index >= 15 is 0 Å². The Morgan fingerprint density at radius 1 is 1.33 bits per heavy atom. The van der Waals surface area contributed by atoms with E-state index in [1.165, 1.54) is 0 Å². The Balaban J connectivity index is 1.61. The highest BCUT2D eigenvalue weighted by Crippen LogP contribution is 2.49. The molecular weight excluding hydrogens is 304 g/mol. The van der Waals surface area contributed by atoms with Gasteiger partial charge in [0.25, 0.3) is 0 Å². The number of hydrogen-bond donors (Lipinski definition) is 0. The first-order chi connectivity index (χ1) is 11.7. The van der Waals surface area contributed by atoms with Crippen LogP contribution in [-0.4, -0.2) is 51.9 Å². The quantitative estimate of drug-likeness (QED) is 0.795. The van der Waals surface area contributed by atoms with Crippen molar-refractivity contribution in [2.75, 3.05) is 26.3 Å². The molecule has 2 aliphatic heterocycles. The first kappa shape index (κ1) is 15.8. The van der Waals surface area contributed by atoms with E-state index in [4.69, 9.17) is 4.74 Å². The minimum absolute atomic E-state index is 0.0971. The van der Waals surface area contributed by atoms with Gasteiger partial charge in [0.1, 0.15) is 12.2 Å². The molecule has 1 atom stereocenters. The maximum atomic E-state index is 13.0. The van der Waals surface area contributed by atoms with Crippen molar-refractivity contribution in [3.63, 3.8) is 0 Å². The molecule has 0 bridgehead atoms. The summed E-state index contributed by atoms with van der Waals surface area (Å²) in [5, 5.41) is 8.56. The average molecular weight is 330 g/mol. The Morgan fingerprint density at radius 2 is 2.08 bits per heavy atom. The van der Waals surface area contributed by atoms with Crippen LogP contribution in [0.3, 0.4) is 0 Å². The zero-order valence-electron chi connectivity index (χ0n) is 14.4. The molecule has 6 heteroatoms. The van der Waals surface area contributed by atoms with Gasteiger partial charge in [0.2, 0.25) is 5.91 Å². The summed E-state index contributed by atoms with van der Waals surface area (Å²) >= 11 is 0. The lowest BCUT2D eigenvalue weighted by Gasteiger charge is -2.37. The molecule has 0 saturated carbocycles. The molecule has 3 heterocycles. The van der Waals surface area contributed by atoms with Crippen molar-refractivity contribution in [1.29, 1.82) is 0 Å². The predicted octanol–water partition coefficient (Wildman–Crippen LogP) is 1.99. The monoisotopic (exact) mass is 330 g/mol. The molecule has 1 unspecified atom stereocenters. The molecule has 4 rings (SSSR count). The number of carbonyl (C=O) groups is 1. The van der Waals surface area contributed by atoms with E-state index in [9.17, 15) is 4.79 Å². The predicted molar refractivity (Wildman–Crippen MR) is 89.4 cm³/mol. The largest absolute Gasteiger partial charge is 0.381 e. The van der Waals surface area contributed by atoms with Crippen molar-refractivity contribution in [3.05, 3.63) is 24.3 Å². The second-order valence-electron chi connectivity index (χ2n) is 7.36. The normalized spacial score (nSPS) is 26.5. The molecule has 1 amide bonds. The van der Waals surface area contributed by atoms with Crippen LogP contribution in [0.15, 0.2) is 18.5 Å². The molecule has 3 aliphatic rings. The molecule has 130 valence electrons. The van der Waals surface area contributed by atoms with Crippen LogP contribution in [0.2, 0.25) is 0 Å². The number of aromatic nitrogens is 3. The van der Waals surface area contributed by atoms with E-state index in [1.54, 1.807) is 0 Å². The van der Waals surface area contributed by atoms with Gasteiger partial charge in [0.05, 0.1) is 0 Å². The van der Waals surface area contributed by atoms with Gasteiger partial charge in [-0.05, 0) is 32.6 Å². The van der Waals surface area contributed by atoms with Gasteiger partial charge < -0.3 is 14.2 Å². The van der Waals surface area contributed by atoms with Gasteiger partial charge in [-0.1, -0.05) is 12.2 Å². The standard InChI is InChI=1S/C18H26N4O2/c1-2-21-13-19-20-16(21)15-11-22(17(23)14-5-3-4-6-14)12-18(15)7-9-24-10-8-18/h3-4,13-15H,2,5-12H2,1H3. The van der Waals surface area contributed by atoms with E-state index < -0.39 is 0 Å². The Labute approximate surface area is 142 Å². The summed E-state index contributed by atoms with van der Waals surface area (Å²) < 4.78 is 7.75. The van der Waals surface area contributed by atoms with Gasteiger partial charge in [-0.25, -0.2) is 0 Å². The van der Waals surface area contributed by atoms with Crippen LogP contribution in [0.25, 0.3) is 0 Å². The van der Waals surface area contributed by atoms with Gasteiger partial charge in [0, 0.05) is 50.1 Å². The van der Waals surface area contributed by atoms with Gasteiger partial charge in [0.15, 0.2) is 0 Å². The number of nitrogens with zero attached hydrogens (tertiary/aromatic N) is 4. The summed E-state index contributed by atoms with van der Waals surface area (Å²) in [5.74, 6) is 1.77. The minimum atomic E-state index is 0.0971. The van der Waals surface area contributed by atoms with Gasteiger partial charge in [-0.3, -0.25) is 4.79 Å². The van der Waals surface area contributed by atoms with Crippen LogP contribution in [0.4, 0.5) is 0 Å². The van der Waals surface area contributed by atoms with Crippen molar-refractivity contribution in [2.45, 2.75) is 45.1 Å². The summed E-state index contributed by atoms with van der Waals surface area (Å²) in [6, 6.07) is 0. The molecule has 1 spiro atoms. The van der Waals surface area contributed by atoms with Crippen LogP contribution < -0.4 is 0 Å². The van der Waals surface area contributed by atoms with Crippen molar-refractivity contribution in [2.24, 2.45) is 11.3 Å². The first-order valence-corrected chi connectivity index (χ1v) is 9.13. The maximum Gasteiger partial charge on any atom is 0.226 e. The minimum Gasteiger partial charge on any atom is -0.381 e. The summed E-state index contributed by atoms with van der Waals surface area (Å²) in [5.41, 5.74) is 0.0971. The van der Waals surface area contributed by atoms with Crippen molar-refractivity contribution >= 4 is 5.91 Å². The van der Waals surface area contributed by atoms with Crippen LogP contribution >= 0.6 is 0 Å². The molecule has 0 aromatic carbocycles. The van der Waals surface area contributed by atoms with Gasteiger partial charge in [-0.2, -0.15) is 0 Å². The third-order valence-electron chi connectivity index (χ3n) is 6.10. The Morgan fingerprint density at radius 3 is 2.79 bits per heavy atom. The third kappa shape index (κ3) is 2.57. The van der Waals surface area contributed by atoms with E-state index in [0.717, 1.165) is 64.4 Å². The van der Waals surface area contributed by atoms with Gasteiger partial charge >= 0.3 is 0 Å². The Hall–Kier alpha value is -1.69. The first-order valence-electron chi connectivity index (χ1n) is 9.13. The third-order valence-corrected chi connectivity index (χ3v) is 6.10. The number of allylic oxidation sites excluding steroid dienone is 2. The fraction of sp³-hybridized carbons (Fsp3) is 0.722. The van der Waals surface area contributed by atoms with Crippen molar-refractivity contribution in [3.8, 4) is 0 Å². The van der Waals surface area contributed by atoms with E-state index in [2.05, 4.69) is 38.7 Å². The SMILES string of the molecule is CCn1cnnc1C1CN(C(=O)C2CC=CC2)CC12CCOCC2. The average Bonchev–Trinajstić information content (AvgIpc) is 3.34. The number of ether oxygens (including phenoxy) is 1. The maximum absolute atomic E-state index is 13.0. The smallest absolute Gasteiger partial charge is 0.226 e. The van der Waals surface area contributed by atoms with Gasteiger partial charge in [-0.15, -0.1) is 10.2 Å². The molecule has 2 fully saturated rings. The number of carbonyl (C=O) groups excluding carboxylic acids is 1. The zero-order valence-corrected chi connectivity index (χ0v) is 14.4.